The summed E-state index contributed by atoms with van der Waals surface area (Å²) in [6.45, 7) is 2.29. The molecule has 0 saturated heterocycles. The highest BCUT2D eigenvalue weighted by molar-refractivity contribution is 5.92. The number of halogens is 3. The number of nitrogens with one attached hydrogen (secondary N) is 1. The molecule has 1 aromatic carbocycles. The molecule has 0 fully saturated rings. The third-order valence-electron chi connectivity index (χ3n) is 4.60. The van der Waals surface area contributed by atoms with Crippen LogP contribution in [-0.2, 0) is 12.7 Å². The second-order valence-electron chi connectivity index (χ2n) is 6.64. The molecular formula is C20H15F3N6O2. The quantitative estimate of drug-likeness (QED) is 0.497. The summed E-state index contributed by atoms with van der Waals surface area (Å²) in [5, 5.41) is 12.1. The lowest BCUT2D eigenvalue weighted by atomic mass is 10.2. The van der Waals surface area contributed by atoms with Gasteiger partial charge in [-0.3, -0.25) is 9.55 Å². The Bertz CT molecular complexity index is 1270. The molecule has 0 amide bonds. The molecule has 2 N–H and O–H groups in total. The number of benzene rings is 1. The van der Waals surface area contributed by atoms with Gasteiger partial charge in [0.05, 0.1) is 29.0 Å². The van der Waals surface area contributed by atoms with Crippen molar-refractivity contribution in [3.8, 4) is 5.82 Å². The lowest BCUT2D eigenvalue weighted by Gasteiger charge is -2.11. The Hall–Kier alpha value is -4.02. The van der Waals surface area contributed by atoms with Gasteiger partial charge in [0.1, 0.15) is 5.82 Å². The van der Waals surface area contributed by atoms with Gasteiger partial charge in [0, 0.05) is 18.4 Å². The molecule has 3 heterocycles. The van der Waals surface area contributed by atoms with Gasteiger partial charge < -0.3 is 10.4 Å². The van der Waals surface area contributed by atoms with Crippen LogP contribution in [0, 0.1) is 6.92 Å². The highest BCUT2D eigenvalue weighted by Gasteiger charge is 2.38. The largest absolute Gasteiger partial charge is 0.478 e. The van der Waals surface area contributed by atoms with Crippen molar-refractivity contribution in [1.82, 2.24) is 24.5 Å². The number of hydrogen-bond donors (Lipinski definition) is 2. The number of pyridine rings is 1. The van der Waals surface area contributed by atoms with E-state index in [1.54, 1.807) is 12.3 Å². The van der Waals surface area contributed by atoms with Gasteiger partial charge in [-0.1, -0.05) is 6.07 Å². The number of fused-ring (bicyclic) bond motifs is 1. The third-order valence-corrected chi connectivity index (χ3v) is 4.60. The molecule has 11 heteroatoms. The van der Waals surface area contributed by atoms with Crippen LogP contribution >= 0.6 is 0 Å². The first-order valence-electron chi connectivity index (χ1n) is 9.04. The monoisotopic (exact) mass is 428 g/mol. The maximum absolute atomic E-state index is 13.6. The summed E-state index contributed by atoms with van der Waals surface area (Å²) in [5.41, 5.74) is 1.59. The van der Waals surface area contributed by atoms with E-state index in [9.17, 15) is 18.0 Å². The number of rotatable bonds is 5. The van der Waals surface area contributed by atoms with Crippen LogP contribution in [0.15, 0.2) is 48.9 Å². The second-order valence-corrected chi connectivity index (χ2v) is 6.64. The van der Waals surface area contributed by atoms with E-state index in [4.69, 9.17) is 5.11 Å². The van der Waals surface area contributed by atoms with Gasteiger partial charge in [-0.05, 0) is 36.8 Å². The van der Waals surface area contributed by atoms with Crippen LogP contribution in [0.25, 0.3) is 16.9 Å². The van der Waals surface area contributed by atoms with Crippen molar-refractivity contribution in [1.29, 1.82) is 0 Å². The number of carbonyl (C=O) groups is 1. The Morgan fingerprint density at radius 2 is 1.97 bits per heavy atom. The predicted molar refractivity (Wildman–Crippen MR) is 105 cm³/mol. The number of aromatic carboxylic acids is 1. The summed E-state index contributed by atoms with van der Waals surface area (Å²) in [7, 11) is 0. The van der Waals surface area contributed by atoms with Crippen molar-refractivity contribution in [2.24, 2.45) is 0 Å². The van der Waals surface area contributed by atoms with Gasteiger partial charge in [0.2, 0.25) is 5.82 Å². The van der Waals surface area contributed by atoms with Gasteiger partial charge in [-0.25, -0.2) is 19.7 Å². The first kappa shape index (κ1) is 20.3. The number of nitrogens with zero attached hydrogens (tertiary/aromatic N) is 5. The van der Waals surface area contributed by atoms with Crippen molar-refractivity contribution in [2.75, 3.05) is 5.32 Å². The number of hydrogen-bond acceptors (Lipinski definition) is 6. The topological polar surface area (TPSA) is 106 Å². The molecule has 158 valence electrons. The lowest BCUT2D eigenvalue weighted by Crippen LogP contribution is -2.15. The van der Waals surface area contributed by atoms with E-state index < -0.39 is 18.0 Å². The summed E-state index contributed by atoms with van der Waals surface area (Å²) in [6, 6.07) is 7.26. The van der Waals surface area contributed by atoms with Crippen molar-refractivity contribution in [3.63, 3.8) is 0 Å². The zero-order valence-electron chi connectivity index (χ0n) is 16.1. The van der Waals surface area contributed by atoms with Gasteiger partial charge in [-0.15, -0.1) is 0 Å². The molecule has 0 radical (unpaired) electrons. The summed E-state index contributed by atoms with van der Waals surface area (Å²) < 4.78 is 41.6. The average Bonchev–Trinajstić information content (AvgIpc) is 3.13. The standard InChI is InChI=1S/C20H15F3N6O2/c1-11-13(3-2-6-24-11)8-25-16-9-27-17(10-26-16)29-15-5-4-12(18(30)31)7-14(15)28-19(29)20(21,22)23/h2-7,9-10H,8H2,1H3,(H,25,26)(H,30,31). The van der Waals surface area contributed by atoms with Crippen LogP contribution in [0.2, 0.25) is 0 Å². The minimum atomic E-state index is -4.78. The maximum Gasteiger partial charge on any atom is 0.450 e. The first-order chi connectivity index (χ1) is 14.7. The minimum Gasteiger partial charge on any atom is -0.478 e. The molecule has 0 aliphatic rings. The predicted octanol–water partition coefficient (Wildman–Crippen LogP) is 3.85. The number of carboxylic acid groups (broad SMARTS) is 1. The SMILES string of the molecule is Cc1ncccc1CNc1cnc(-n2c(C(F)(F)F)nc3cc(C(=O)O)ccc32)cn1. The van der Waals surface area contributed by atoms with E-state index in [0.29, 0.717) is 12.4 Å². The Labute approximate surface area is 173 Å². The number of anilines is 1. The Morgan fingerprint density at radius 3 is 2.61 bits per heavy atom. The molecule has 0 spiro atoms. The van der Waals surface area contributed by atoms with E-state index >= 15 is 0 Å². The van der Waals surface area contributed by atoms with Gasteiger partial charge in [0.25, 0.3) is 0 Å². The van der Waals surface area contributed by atoms with Crippen molar-refractivity contribution >= 4 is 22.8 Å². The minimum absolute atomic E-state index is 0.0679. The third kappa shape index (κ3) is 4.02. The van der Waals surface area contributed by atoms with Crippen LogP contribution in [0.4, 0.5) is 19.0 Å². The normalized spacial score (nSPS) is 11.6. The molecule has 3 aromatic heterocycles. The molecule has 31 heavy (non-hydrogen) atoms. The van der Waals surface area contributed by atoms with E-state index in [1.807, 2.05) is 13.0 Å². The van der Waals surface area contributed by atoms with E-state index in [1.165, 1.54) is 24.5 Å². The summed E-state index contributed by atoms with van der Waals surface area (Å²) in [5.74, 6) is -2.20. The zero-order valence-corrected chi connectivity index (χ0v) is 16.1. The molecule has 4 rings (SSSR count). The fourth-order valence-corrected chi connectivity index (χ4v) is 3.05. The number of carboxylic acids is 1. The molecule has 0 unspecified atom stereocenters. The highest BCUT2D eigenvalue weighted by Crippen LogP contribution is 2.33. The van der Waals surface area contributed by atoms with E-state index in [-0.39, 0.29) is 22.4 Å². The van der Waals surface area contributed by atoms with Crippen molar-refractivity contribution in [2.45, 2.75) is 19.6 Å². The molecule has 0 aliphatic carbocycles. The molecule has 0 saturated carbocycles. The first-order valence-corrected chi connectivity index (χ1v) is 9.04. The van der Waals surface area contributed by atoms with Gasteiger partial charge in [0.15, 0.2) is 5.82 Å². The number of imidazole rings is 1. The number of aromatic nitrogens is 5. The van der Waals surface area contributed by atoms with Crippen molar-refractivity contribution in [3.05, 3.63) is 71.6 Å². The van der Waals surface area contributed by atoms with Crippen LogP contribution in [-0.4, -0.2) is 35.6 Å². The maximum atomic E-state index is 13.6. The Balaban J connectivity index is 1.69. The fraction of sp³-hybridized carbons (Fsp3) is 0.150. The summed E-state index contributed by atoms with van der Waals surface area (Å²) in [6.07, 6.45) is -0.585. The number of alkyl halides is 3. The van der Waals surface area contributed by atoms with Gasteiger partial charge in [-0.2, -0.15) is 13.2 Å². The van der Waals surface area contributed by atoms with Crippen LogP contribution < -0.4 is 5.32 Å². The Morgan fingerprint density at radius 1 is 1.16 bits per heavy atom. The second kappa shape index (κ2) is 7.67. The van der Waals surface area contributed by atoms with Crippen molar-refractivity contribution < 1.29 is 23.1 Å². The van der Waals surface area contributed by atoms with E-state index in [0.717, 1.165) is 21.9 Å². The molecule has 8 nitrogen and oxygen atoms in total. The lowest BCUT2D eigenvalue weighted by molar-refractivity contribution is -0.145. The smallest absolute Gasteiger partial charge is 0.450 e. The van der Waals surface area contributed by atoms with Crippen LogP contribution in [0.5, 0.6) is 0 Å². The van der Waals surface area contributed by atoms with E-state index in [2.05, 4.69) is 25.3 Å². The van der Waals surface area contributed by atoms with Gasteiger partial charge >= 0.3 is 12.1 Å². The highest BCUT2D eigenvalue weighted by atomic mass is 19.4. The van der Waals surface area contributed by atoms with Crippen LogP contribution in [0.3, 0.4) is 0 Å². The molecule has 0 atom stereocenters. The molecular weight excluding hydrogens is 413 g/mol. The molecule has 4 aromatic rings. The average molecular weight is 428 g/mol. The Kier molecular flexibility index (Phi) is 5.01. The fourth-order valence-electron chi connectivity index (χ4n) is 3.05. The molecule has 0 bridgehead atoms. The van der Waals surface area contributed by atoms with Crippen LogP contribution in [0.1, 0.15) is 27.4 Å². The summed E-state index contributed by atoms with van der Waals surface area (Å²) in [4.78, 5) is 27.2. The summed E-state index contributed by atoms with van der Waals surface area (Å²) >= 11 is 0. The zero-order chi connectivity index (χ0) is 22.2. The number of aryl methyl sites for hydroxylation is 1. The molecule has 0 aliphatic heterocycles.